The molecular weight excluding hydrogens is 792 g/mol. The molecule has 2 saturated heterocycles. The molecule has 326 valence electrons. The van der Waals surface area contributed by atoms with Gasteiger partial charge in [-0.15, -0.1) is 0 Å². The topological polar surface area (TPSA) is 241 Å². The summed E-state index contributed by atoms with van der Waals surface area (Å²) in [6.07, 6.45) is -7.92. The first-order chi connectivity index (χ1) is 28.1. The maximum absolute atomic E-state index is 13.3. The van der Waals surface area contributed by atoms with Gasteiger partial charge in [-0.05, 0) is 66.5 Å². The zero-order chi connectivity index (χ0) is 44.7. The Hall–Kier alpha value is -5.96. The summed E-state index contributed by atoms with van der Waals surface area (Å²) in [4.78, 5) is 102. The van der Waals surface area contributed by atoms with Gasteiger partial charge in [0.15, 0.2) is 60.8 Å². The van der Waals surface area contributed by atoms with Crippen molar-refractivity contribution in [3.63, 3.8) is 0 Å². The lowest BCUT2D eigenvalue weighted by molar-refractivity contribution is -0.171. The van der Waals surface area contributed by atoms with Gasteiger partial charge in [0, 0.05) is 23.2 Å². The largest absolute Gasteiger partial charge is 0.455 e. The molecule has 2 aliphatic heterocycles. The molecule has 2 aromatic carbocycles. The number of ether oxygens (including phenoxy) is 8. The minimum absolute atomic E-state index is 0.214. The number of ketones is 2. The van der Waals surface area contributed by atoms with Crippen LogP contribution in [0.3, 0.4) is 0 Å². The zero-order valence-corrected chi connectivity index (χ0v) is 34.9. The molecule has 4 atom stereocenters. The Balaban J connectivity index is 1.33. The van der Waals surface area contributed by atoms with Gasteiger partial charge in [0.2, 0.25) is 0 Å². The maximum Gasteiger partial charge on any atom is 0.425 e. The summed E-state index contributed by atoms with van der Waals surface area (Å²) < 4.78 is 42.3. The van der Waals surface area contributed by atoms with Crippen LogP contribution in [-0.2, 0) is 57.1 Å². The second kappa shape index (κ2) is 19.4. The van der Waals surface area contributed by atoms with Gasteiger partial charge in [0.1, 0.15) is 0 Å². The Bertz CT molecular complexity index is 1810. The van der Waals surface area contributed by atoms with Crippen molar-refractivity contribution in [2.45, 2.75) is 103 Å². The van der Waals surface area contributed by atoms with Gasteiger partial charge in [-0.2, -0.15) is 0 Å². The van der Waals surface area contributed by atoms with E-state index in [1.807, 2.05) is 0 Å². The number of hydrogen-bond acceptors (Lipinski definition) is 16. The minimum atomic E-state index is -1.55. The van der Waals surface area contributed by atoms with Crippen molar-refractivity contribution in [3.8, 4) is 11.1 Å². The van der Waals surface area contributed by atoms with Crippen molar-refractivity contribution < 1.29 is 76.3 Å². The van der Waals surface area contributed by atoms with Crippen LogP contribution in [0.4, 0.5) is 9.59 Å². The first kappa shape index (κ1) is 46.7. The van der Waals surface area contributed by atoms with Crippen LogP contribution < -0.4 is 10.9 Å². The fourth-order valence-electron chi connectivity index (χ4n) is 5.97. The minimum Gasteiger partial charge on any atom is -0.455 e. The highest BCUT2D eigenvalue weighted by Gasteiger charge is 2.53. The Labute approximate surface area is 345 Å². The molecule has 2 fully saturated rings. The van der Waals surface area contributed by atoms with E-state index in [0.717, 1.165) is 24.2 Å². The molecule has 20 nitrogen and oxygen atoms in total. The molecular formula is C40H50N4O16. The SMILES string of the molecule is COC(=O)NN(C(=O)[C@@H]1OC(C)(C)O[C@H]1C(=O)OCC(=O)c1ccc(-c2ccc(C(=O)COC(=O)[C@@H]3OC(C)(C)O[C@H]3C(=O)N(NC(=O)OC)C(C)C)cc2)cc1)C(C)C. The summed E-state index contributed by atoms with van der Waals surface area (Å²) in [7, 11) is 2.25. The summed E-state index contributed by atoms with van der Waals surface area (Å²) in [5.74, 6) is -7.48. The van der Waals surface area contributed by atoms with E-state index >= 15 is 0 Å². The van der Waals surface area contributed by atoms with Crippen LogP contribution in [0.15, 0.2) is 48.5 Å². The first-order valence-corrected chi connectivity index (χ1v) is 18.7. The average molecular weight is 843 g/mol. The van der Waals surface area contributed by atoms with Gasteiger partial charge in [-0.1, -0.05) is 48.5 Å². The van der Waals surface area contributed by atoms with Gasteiger partial charge in [-0.25, -0.2) is 40.0 Å². The molecule has 2 heterocycles. The van der Waals surface area contributed by atoms with Crippen molar-refractivity contribution >= 4 is 47.5 Å². The van der Waals surface area contributed by atoms with E-state index in [0.29, 0.717) is 11.1 Å². The van der Waals surface area contributed by atoms with E-state index in [-0.39, 0.29) is 11.1 Å². The lowest BCUT2D eigenvalue weighted by Crippen LogP contribution is -2.56. The molecule has 4 rings (SSSR count). The van der Waals surface area contributed by atoms with Crippen molar-refractivity contribution in [1.29, 1.82) is 0 Å². The highest BCUT2D eigenvalue weighted by atomic mass is 16.8. The summed E-state index contributed by atoms with van der Waals surface area (Å²) >= 11 is 0. The molecule has 2 aliphatic rings. The van der Waals surface area contributed by atoms with Crippen LogP contribution in [0.25, 0.3) is 11.1 Å². The molecule has 0 aromatic heterocycles. The highest BCUT2D eigenvalue weighted by Crippen LogP contribution is 2.32. The molecule has 0 unspecified atom stereocenters. The quantitative estimate of drug-likeness (QED) is 0.128. The fourth-order valence-corrected chi connectivity index (χ4v) is 5.97. The number of carbonyl (C=O) groups is 8. The fraction of sp³-hybridized carbons (Fsp3) is 0.500. The van der Waals surface area contributed by atoms with Gasteiger partial charge in [0.25, 0.3) is 11.8 Å². The zero-order valence-electron chi connectivity index (χ0n) is 34.9. The second-order valence-corrected chi connectivity index (χ2v) is 15.0. The third-order valence-corrected chi connectivity index (χ3v) is 8.88. The van der Waals surface area contributed by atoms with Gasteiger partial charge < -0.3 is 37.9 Å². The number of benzene rings is 2. The molecule has 2 N–H and O–H groups in total. The van der Waals surface area contributed by atoms with Crippen molar-refractivity contribution in [2.75, 3.05) is 27.4 Å². The molecule has 0 spiro atoms. The number of hydrogen-bond donors (Lipinski definition) is 2. The summed E-state index contributed by atoms with van der Waals surface area (Å²) in [5, 5.41) is 1.89. The monoisotopic (exact) mass is 842 g/mol. The summed E-state index contributed by atoms with van der Waals surface area (Å²) in [6.45, 7) is 11.1. The number of amides is 4. The number of nitrogens with one attached hydrogen (secondary N) is 2. The van der Waals surface area contributed by atoms with Gasteiger partial charge in [-0.3, -0.25) is 19.2 Å². The van der Waals surface area contributed by atoms with E-state index in [2.05, 4.69) is 20.3 Å². The molecule has 4 amide bonds. The van der Waals surface area contributed by atoms with Gasteiger partial charge in [0.05, 0.1) is 14.2 Å². The van der Waals surface area contributed by atoms with Crippen LogP contribution in [0.2, 0.25) is 0 Å². The number of rotatable bonds is 13. The summed E-state index contributed by atoms with van der Waals surface area (Å²) in [6, 6.07) is 11.6. The number of hydrazine groups is 2. The van der Waals surface area contributed by atoms with E-state index in [9.17, 15) is 38.4 Å². The van der Waals surface area contributed by atoms with Crippen molar-refractivity contribution in [1.82, 2.24) is 20.9 Å². The lowest BCUT2D eigenvalue weighted by atomic mass is 10.0. The molecule has 0 saturated carbocycles. The number of carbonyl (C=O) groups excluding carboxylic acids is 8. The van der Waals surface area contributed by atoms with Crippen molar-refractivity contribution in [2.24, 2.45) is 0 Å². The van der Waals surface area contributed by atoms with Crippen LogP contribution in [0, 0.1) is 0 Å². The van der Waals surface area contributed by atoms with Crippen LogP contribution in [-0.4, -0.2) is 133 Å². The maximum atomic E-state index is 13.3. The lowest BCUT2D eigenvalue weighted by Gasteiger charge is -2.29. The van der Waals surface area contributed by atoms with Crippen molar-refractivity contribution in [3.05, 3.63) is 59.7 Å². The van der Waals surface area contributed by atoms with E-state index in [4.69, 9.17) is 28.4 Å². The van der Waals surface area contributed by atoms with E-state index in [1.54, 1.807) is 52.0 Å². The smallest absolute Gasteiger partial charge is 0.425 e. The Morgan fingerprint density at radius 2 is 0.850 bits per heavy atom. The predicted molar refractivity (Wildman–Crippen MR) is 205 cm³/mol. The Morgan fingerprint density at radius 1 is 0.550 bits per heavy atom. The Morgan fingerprint density at radius 3 is 1.13 bits per heavy atom. The molecule has 0 radical (unpaired) electrons. The average Bonchev–Trinajstić information content (AvgIpc) is 3.73. The number of esters is 2. The second-order valence-electron chi connectivity index (χ2n) is 15.0. The highest BCUT2D eigenvalue weighted by molar-refractivity contribution is 6.00. The van der Waals surface area contributed by atoms with E-state index in [1.165, 1.54) is 52.0 Å². The number of nitrogens with zero attached hydrogens (tertiary/aromatic N) is 2. The summed E-state index contributed by atoms with van der Waals surface area (Å²) in [5.41, 5.74) is 6.35. The molecule has 20 heteroatoms. The molecule has 60 heavy (non-hydrogen) atoms. The third kappa shape index (κ3) is 11.6. The number of Topliss-reactive ketones (excluding diaryl/α,β-unsaturated/α-hetero) is 2. The van der Waals surface area contributed by atoms with Crippen LogP contribution in [0.5, 0.6) is 0 Å². The van der Waals surface area contributed by atoms with E-state index < -0.39 is 109 Å². The molecule has 2 aromatic rings. The Kier molecular flexibility index (Phi) is 15.1. The molecule has 0 aliphatic carbocycles. The molecule has 0 bridgehead atoms. The van der Waals surface area contributed by atoms with Crippen LogP contribution >= 0.6 is 0 Å². The van der Waals surface area contributed by atoms with Crippen LogP contribution in [0.1, 0.15) is 76.1 Å². The normalized spacial score (nSPS) is 20.1. The standard InChI is InChI=1S/C40H50N4O16/c1-21(2)43(41-37(51)53-9)33(47)29-31(59-39(5,6)57-29)35(49)55-19-27(45)25-15-11-23(12-16-25)24-13-17-26(18-14-24)28(46)20-56-36(50)32-30(58-40(7,8)60-32)34(48)44(22(3)4)42-38(52)54-10/h11-18,21-22,29-32H,19-20H2,1-10H3,(H,41,51)(H,42,52)/t29-,30-,31-,32-/m1/s1. The first-order valence-electron chi connectivity index (χ1n) is 18.7. The van der Waals surface area contributed by atoms with Gasteiger partial charge >= 0.3 is 24.1 Å². The predicted octanol–water partition coefficient (Wildman–Crippen LogP) is 2.86. The number of methoxy groups -OCH3 is 2. The third-order valence-electron chi connectivity index (χ3n) is 8.88.